The van der Waals surface area contributed by atoms with Gasteiger partial charge in [-0.05, 0) is 50.3 Å². The third-order valence-corrected chi connectivity index (χ3v) is 2.98. The number of ether oxygens (including phenoxy) is 1. The fourth-order valence-electron chi connectivity index (χ4n) is 1.56. The van der Waals surface area contributed by atoms with Gasteiger partial charge in [0.15, 0.2) is 5.11 Å². The van der Waals surface area contributed by atoms with Crippen molar-refractivity contribution in [2.75, 3.05) is 25.0 Å². The number of rotatable bonds is 5. The van der Waals surface area contributed by atoms with Gasteiger partial charge in [0.2, 0.25) is 5.91 Å². The van der Waals surface area contributed by atoms with Crippen LogP contribution >= 0.6 is 12.2 Å². The summed E-state index contributed by atoms with van der Waals surface area (Å²) in [7, 11) is 0. The Morgan fingerprint density at radius 1 is 1.27 bits per heavy atom. The lowest BCUT2D eigenvalue weighted by Crippen LogP contribution is -2.44. The zero-order chi connectivity index (χ0) is 16.5. The number of alkyl carbamates (subject to hydrolysis) is 1. The highest BCUT2D eigenvalue weighted by molar-refractivity contribution is 7.80. The van der Waals surface area contributed by atoms with Gasteiger partial charge in [-0.25, -0.2) is 9.18 Å². The van der Waals surface area contributed by atoms with Crippen molar-refractivity contribution in [3.63, 3.8) is 0 Å². The van der Waals surface area contributed by atoms with Crippen LogP contribution in [0.1, 0.15) is 13.8 Å². The third kappa shape index (κ3) is 6.04. The summed E-state index contributed by atoms with van der Waals surface area (Å²) in [6, 6.07) is 5.67. The van der Waals surface area contributed by atoms with E-state index in [4.69, 9.17) is 12.2 Å². The van der Waals surface area contributed by atoms with Crippen LogP contribution in [0, 0.1) is 5.82 Å². The van der Waals surface area contributed by atoms with Crippen LogP contribution < -0.4 is 10.6 Å². The minimum atomic E-state index is -0.791. The number of carbonyl (C=O) groups is 2. The van der Waals surface area contributed by atoms with Gasteiger partial charge < -0.3 is 15.0 Å². The number of nitrogens with zero attached hydrogens (tertiary/aromatic N) is 1. The predicted molar refractivity (Wildman–Crippen MR) is 85.0 cm³/mol. The van der Waals surface area contributed by atoms with Gasteiger partial charge in [-0.2, -0.15) is 0 Å². The molecule has 0 saturated heterocycles. The lowest BCUT2D eigenvalue weighted by Gasteiger charge is -2.23. The molecule has 0 heterocycles. The van der Waals surface area contributed by atoms with Gasteiger partial charge >= 0.3 is 6.09 Å². The first-order valence-electron chi connectivity index (χ1n) is 6.74. The van der Waals surface area contributed by atoms with E-state index in [0.29, 0.717) is 17.3 Å². The second-order valence-corrected chi connectivity index (χ2v) is 4.61. The Labute approximate surface area is 133 Å². The number of halogens is 1. The van der Waals surface area contributed by atoms with Crippen LogP contribution in [0.2, 0.25) is 0 Å². The first kappa shape index (κ1) is 17.8. The molecule has 0 atom stereocenters. The van der Waals surface area contributed by atoms with Gasteiger partial charge in [-0.15, -0.1) is 0 Å². The first-order valence-corrected chi connectivity index (χ1v) is 7.15. The molecule has 1 aromatic carbocycles. The fourth-order valence-corrected chi connectivity index (χ4v) is 1.87. The average molecular weight is 327 g/mol. The summed E-state index contributed by atoms with van der Waals surface area (Å²) in [5.74, 6) is -0.874. The summed E-state index contributed by atoms with van der Waals surface area (Å²) in [4.78, 5) is 24.4. The second kappa shape index (κ2) is 8.93. The Bertz CT molecular complexity index is 537. The molecule has 22 heavy (non-hydrogen) atoms. The minimum Gasteiger partial charge on any atom is -0.450 e. The molecule has 1 rings (SSSR count). The molecule has 0 spiro atoms. The summed E-state index contributed by atoms with van der Waals surface area (Å²) in [6.07, 6.45) is -0.791. The number of nitrogens with one attached hydrogen (secondary N) is 2. The molecule has 0 radical (unpaired) electrons. The molecule has 2 N–H and O–H groups in total. The zero-order valence-corrected chi connectivity index (χ0v) is 13.2. The number of benzene rings is 1. The molecular formula is C14H18FN3O3S. The number of carbonyl (C=O) groups excluding carboxylic acids is 2. The van der Waals surface area contributed by atoms with Gasteiger partial charge in [0.25, 0.3) is 0 Å². The number of hydrogen-bond acceptors (Lipinski definition) is 4. The molecule has 0 saturated carbocycles. The number of likely N-dealkylation sites (N-methyl/N-ethyl adjacent to an activating group) is 1. The van der Waals surface area contributed by atoms with E-state index in [0.717, 1.165) is 0 Å². The van der Waals surface area contributed by atoms with Gasteiger partial charge in [-0.1, -0.05) is 0 Å². The van der Waals surface area contributed by atoms with Crippen LogP contribution in [0.15, 0.2) is 24.3 Å². The van der Waals surface area contributed by atoms with E-state index in [1.807, 2.05) is 6.92 Å². The Morgan fingerprint density at radius 2 is 1.91 bits per heavy atom. The molecule has 0 aliphatic carbocycles. The van der Waals surface area contributed by atoms with Crippen LogP contribution in [0.25, 0.3) is 0 Å². The summed E-state index contributed by atoms with van der Waals surface area (Å²) in [5.41, 5.74) is 0.607. The van der Waals surface area contributed by atoms with Crippen LogP contribution in [-0.2, 0) is 9.53 Å². The standard InChI is InChI=1S/C14H18FN3O3S/c1-3-18(9-12(19)17-14(20)21-4-2)13(22)16-11-7-5-10(15)6-8-11/h5-8H,3-4,9H2,1-2H3,(H,16,22)(H,17,19,20). The largest absolute Gasteiger partial charge is 0.450 e. The Balaban J connectivity index is 2.55. The number of anilines is 1. The summed E-state index contributed by atoms with van der Waals surface area (Å²) < 4.78 is 17.5. The van der Waals surface area contributed by atoms with Crippen molar-refractivity contribution in [3.8, 4) is 0 Å². The van der Waals surface area contributed by atoms with E-state index in [9.17, 15) is 14.0 Å². The molecule has 0 aromatic heterocycles. The van der Waals surface area contributed by atoms with E-state index in [2.05, 4.69) is 15.4 Å². The zero-order valence-electron chi connectivity index (χ0n) is 12.4. The fraction of sp³-hybridized carbons (Fsp3) is 0.357. The van der Waals surface area contributed by atoms with Gasteiger partial charge in [0.05, 0.1) is 13.2 Å². The van der Waals surface area contributed by atoms with E-state index >= 15 is 0 Å². The second-order valence-electron chi connectivity index (χ2n) is 4.22. The van der Waals surface area contributed by atoms with Gasteiger partial charge in [-0.3, -0.25) is 10.1 Å². The molecule has 2 amide bonds. The van der Waals surface area contributed by atoms with Crippen molar-refractivity contribution >= 4 is 35.0 Å². The molecule has 1 aromatic rings. The first-order chi connectivity index (χ1) is 10.5. The topological polar surface area (TPSA) is 70.7 Å². The summed E-state index contributed by atoms with van der Waals surface area (Å²) >= 11 is 5.20. The molecule has 0 aliphatic rings. The van der Waals surface area contributed by atoms with Crippen molar-refractivity contribution < 1.29 is 18.7 Å². The molecule has 0 bridgehead atoms. The van der Waals surface area contributed by atoms with Crippen LogP contribution in [0.3, 0.4) is 0 Å². The van der Waals surface area contributed by atoms with Crippen molar-refractivity contribution in [2.24, 2.45) is 0 Å². The number of thiocarbonyl (C=S) groups is 1. The minimum absolute atomic E-state index is 0.0949. The lowest BCUT2D eigenvalue weighted by molar-refractivity contribution is -0.120. The van der Waals surface area contributed by atoms with Crippen molar-refractivity contribution in [3.05, 3.63) is 30.1 Å². The summed E-state index contributed by atoms with van der Waals surface area (Å²) in [6.45, 7) is 4.01. The number of amides is 2. The van der Waals surface area contributed by atoms with Crippen LogP contribution in [0.5, 0.6) is 0 Å². The molecule has 0 unspecified atom stereocenters. The maximum atomic E-state index is 12.8. The molecule has 120 valence electrons. The predicted octanol–water partition coefficient (Wildman–Crippen LogP) is 2.12. The monoisotopic (exact) mass is 327 g/mol. The SMILES string of the molecule is CCOC(=O)NC(=O)CN(CC)C(=S)Nc1ccc(F)cc1. The van der Waals surface area contributed by atoms with E-state index < -0.39 is 12.0 Å². The maximum absolute atomic E-state index is 12.8. The molecule has 0 aliphatic heterocycles. The van der Waals surface area contributed by atoms with Crippen LogP contribution in [-0.4, -0.2) is 41.7 Å². The highest BCUT2D eigenvalue weighted by Crippen LogP contribution is 2.09. The average Bonchev–Trinajstić information content (AvgIpc) is 2.47. The quantitative estimate of drug-likeness (QED) is 0.807. The Hall–Kier alpha value is -2.22. The van der Waals surface area contributed by atoms with Crippen molar-refractivity contribution in [2.45, 2.75) is 13.8 Å². The molecule has 6 nitrogen and oxygen atoms in total. The Morgan fingerprint density at radius 3 is 2.45 bits per heavy atom. The van der Waals surface area contributed by atoms with Gasteiger partial charge in [0, 0.05) is 12.2 Å². The van der Waals surface area contributed by atoms with Crippen molar-refractivity contribution in [1.82, 2.24) is 10.2 Å². The number of hydrogen-bond donors (Lipinski definition) is 2. The Kier molecular flexibility index (Phi) is 7.24. The molecule has 8 heteroatoms. The van der Waals surface area contributed by atoms with Crippen LogP contribution in [0.4, 0.5) is 14.9 Å². The normalized spacial score (nSPS) is 9.77. The van der Waals surface area contributed by atoms with E-state index in [1.54, 1.807) is 11.8 Å². The maximum Gasteiger partial charge on any atom is 0.413 e. The smallest absolute Gasteiger partial charge is 0.413 e. The highest BCUT2D eigenvalue weighted by atomic mass is 32.1. The molecule has 0 fully saturated rings. The lowest BCUT2D eigenvalue weighted by atomic mass is 10.3. The van der Waals surface area contributed by atoms with E-state index in [1.165, 1.54) is 24.3 Å². The van der Waals surface area contributed by atoms with Crippen molar-refractivity contribution in [1.29, 1.82) is 0 Å². The highest BCUT2D eigenvalue weighted by Gasteiger charge is 2.15. The van der Waals surface area contributed by atoms with E-state index in [-0.39, 0.29) is 19.0 Å². The summed E-state index contributed by atoms with van der Waals surface area (Å²) in [5, 5.41) is 5.29. The third-order valence-electron chi connectivity index (χ3n) is 2.62. The molecular weight excluding hydrogens is 309 g/mol. The van der Waals surface area contributed by atoms with Gasteiger partial charge in [0.1, 0.15) is 5.82 Å². The number of imide groups is 1.